The van der Waals surface area contributed by atoms with Crippen molar-refractivity contribution in [3.63, 3.8) is 0 Å². The van der Waals surface area contributed by atoms with E-state index < -0.39 is 17.6 Å². The fraction of sp³-hybridized carbons (Fsp3) is 0.348. The molecule has 8 heteroatoms. The lowest BCUT2D eigenvalue weighted by atomic mass is 10.1. The molecule has 0 saturated carbocycles. The first-order valence-corrected chi connectivity index (χ1v) is 9.96. The summed E-state index contributed by atoms with van der Waals surface area (Å²) in [5.41, 5.74) is 0.872. The number of nitrogens with zero attached hydrogens (tertiary/aromatic N) is 3. The fourth-order valence-corrected chi connectivity index (χ4v) is 3.20. The molecular weight excluding hydrogens is 410 g/mol. The van der Waals surface area contributed by atoms with Gasteiger partial charge >= 0.3 is 6.18 Å². The fourth-order valence-electron chi connectivity index (χ4n) is 3.20. The maximum absolute atomic E-state index is 13.6. The van der Waals surface area contributed by atoms with Gasteiger partial charge in [-0.05, 0) is 43.8 Å². The Kier molecular flexibility index (Phi) is 7.33. The van der Waals surface area contributed by atoms with Crippen LogP contribution in [0.25, 0.3) is 0 Å². The Balaban J connectivity index is 1.83. The van der Waals surface area contributed by atoms with Crippen molar-refractivity contribution in [3.05, 3.63) is 82.8 Å². The van der Waals surface area contributed by atoms with Crippen molar-refractivity contribution >= 4 is 0 Å². The van der Waals surface area contributed by atoms with Gasteiger partial charge in [0.2, 0.25) is 5.88 Å². The minimum atomic E-state index is -4.75. The molecule has 0 radical (unpaired) electrons. The van der Waals surface area contributed by atoms with Crippen LogP contribution in [0.3, 0.4) is 0 Å². The lowest BCUT2D eigenvalue weighted by molar-refractivity contribution is -0.140. The Morgan fingerprint density at radius 2 is 1.74 bits per heavy atom. The van der Waals surface area contributed by atoms with Gasteiger partial charge in [-0.1, -0.05) is 36.4 Å². The lowest BCUT2D eigenvalue weighted by Gasteiger charge is -2.12. The third-order valence-electron chi connectivity index (χ3n) is 4.74. The molecule has 0 saturated heterocycles. The quantitative estimate of drug-likeness (QED) is 0.350. The van der Waals surface area contributed by atoms with Crippen LogP contribution in [-0.2, 0) is 19.1 Å². The van der Waals surface area contributed by atoms with E-state index in [9.17, 15) is 17.6 Å². The summed E-state index contributed by atoms with van der Waals surface area (Å²) in [5.74, 6) is -0.867. The smallest absolute Gasteiger partial charge is 0.419 e. The molecule has 31 heavy (non-hydrogen) atoms. The van der Waals surface area contributed by atoms with E-state index in [0.717, 1.165) is 36.4 Å². The van der Waals surface area contributed by atoms with Crippen molar-refractivity contribution in [1.29, 1.82) is 0 Å². The van der Waals surface area contributed by atoms with E-state index >= 15 is 0 Å². The first-order chi connectivity index (χ1) is 14.7. The van der Waals surface area contributed by atoms with E-state index in [0.29, 0.717) is 24.5 Å². The van der Waals surface area contributed by atoms with Crippen molar-refractivity contribution in [2.45, 2.75) is 25.6 Å². The molecule has 4 nitrogen and oxygen atoms in total. The molecule has 1 heterocycles. The van der Waals surface area contributed by atoms with Crippen LogP contribution in [0.2, 0.25) is 0 Å². The molecule has 0 spiro atoms. The Labute approximate surface area is 179 Å². The summed E-state index contributed by atoms with van der Waals surface area (Å²) in [7, 11) is 3.95. The van der Waals surface area contributed by atoms with Crippen LogP contribution < -0.4 is 4.74 Å². The molecule has 0 amide bonds. The highest BCUT2D eigenvalue weighted by molar-refractivity contribution is 5.29. The van der Waals surface area contributed by atoms with Crippen molar-refractivity contribution < 1.29 is 22.3 Å². The molecule has 3 aromatic rings. The summed E-state index contributed by atoms with van der Waals surface area (Å²) in [6.45, 7) is 1.43. The third-order valence-corrected chi connectivity index (χ3v) is 4.74. The van der Waals surface area contributed by atoms with E-state index in [1.54, 1.807) is 10.7 Å². The van der Waals surface area contributed by atoms with Gasteiger partial charge in [-0.2, -0.15) is 13.2 Å². The Bertz CT molecular complexity index is 984. The number of halogens is 4. The summed E-state index contributed by atoms with van der Waals surface area (Å²) in [4.78, 5) is 2.05. The highest BCUT2D eigenvalue weighted by Crippen LogP contribution is 2.32. The number of hydrogen-bond acceptors (Lipinski definition) is 3. The number of rotatable bonds is 9. The number of aromatic nitrogens is 2. The molecule has 1 aromatic heterocycles. The highest BCUT2D eigenvalue weighted by atomic mass is 19.4. The molecule has 0 N–H and O–H groups in total. The average Bonchev–Trinajstić information content (AvgIpc) is 3.07. The van der Waals surface area contributed by atoms with E-state index in [2.05, 4.69) is 10.00 Å². The van der Waals surface area contributed by atoms with Gasteiger partial charge in [0.05, 0.1) is 18.7 Å². The van der Waals surface area contributed by atoms with Crippen LogP contribution in [0.15, 0.2) is 54.6 Å². The first-order valence-electron chi connectivity index (χ1n) is 9.96. The van der Waals surface area contributed by atoms with Gasteiger partial charge in [-0.25, -0.2) is 4.39 Å². The SMILES string of the molecule is CN(C)CCCOc1cc(Cc2ccccc2)n(Cc2ccc(F)c(C(F)(F)F)c2)n1. The van der Waals surface area contributed by atoms with Crippen molar-refractivity contribution in [2.75, 3.05) is 27.2 Å². The van der Waals surface area contributed by atoms with Gasteiger partial charge in [-0.15, -0.1) is 5.10 Å². The molecule has 166 valence electrons. The predicted molar refractivity (Wildman–Crippen MR) is 111 cm³/mol. The number of alkyl halides is 3. The summed E-state index contributed by atoms with van der Waals surface area (Å²) in [6.07, 6.45) is -3.39. The van der Waals surface area contributed by atoms with E-state index in [1.165, 1.54) is 6.07 Å². The highest BCUT2D eigenvalue weighted by Gasteiger charge is 2.34. The van der Waals surface area contributed by atoms with Crippen LogP contribution in [0, 0.1) is 5.82 Å². The maximum Gasteiger partial charge on any atom is 0.419 e. The van der Waals surface area contributed by atoms with Crippen LogP contribution in [-0.4, -0.2) is 41.9 Å². The molecule has 0 bridgehead atoms. The van der Waals surface area contributed by atoms with E-state index in [4.69, 9.17) is 4.74 Å². The van der Waals surface area contributed by atoms with Crippen LogP contribution in [0.5, 0.6) is 5.88 Å². The molecule has 0 unspecified atom stereocenters. The number of benzene rings is 2. The standard InChI is InChI=1S/C23H25F4N3O/c1-29(2)11-6-12-31-22-15-19(13-17-7-4-3-5-8-17)30(28-22)16-18-9-10-21(24)20(14-18)23(25,26)27/h3-5,7-10,14-15H,6,11-13,16H2,1-2H3. The predicted octanol–water partition coefficient (Wildman–Crippen LogP) is 5.01. The van der Waals surface area contributed by atoms with Crippen LogP contribution in [0.1, 0.15) is 28.8 Å². The van der Waals surface area contributed by atoms with Gasteiger partial charge in [0.25, 0.3) is 0 Å². The lowest BCUT2D eigenvalue weighted by Crippen LogP contribution is -2.15. The molecule has 0 atom stereocenters. The van der Waals surface area contributed by atoms with Crippen LogP contribution in [0.4, 0.5) is 17.6 Å². The second-order valence-corrected chi connectivity index (χ2v) is 7.61. The van der Waals surface area contributed by atoms with Crippen LogP contribution >= 0.6 is 0 Å². The van der Waals surface area contributed by atoms with Gasteiger partial charge in [0.15, 0.2) is 0 Å². The largest absolute Gasteiger partial charge is 0.477 e. The minimum absolute atomic E-state index is 0.0760. The summed E-state index contributed by atoms with van der Waals surface area (Å²) in [6, 6.07) is 14.5. The molecule has 0 aliphatic carbocycles. The summed E-state index contributed by atoms with van der Waals surface area (Å²) >= 11 is 0. The van der Waals surface area contributed by atoms with Gasteiger partial charge in [0, 0.05) is 24.7 Å². The normalized spacial score (nSPS) is 11.8. The summed E-state index contributed by atoms with van der Waals surface area (Å²) < 4.78 is 60.3. The Morgan fingerprint density at radius 1 is 1.00 bits per heavy atom. The topological polar surface area (TPSA) is 30.3 Å². The monoisotopic (exact) mass is 435 g/mol. The van der Waals surface area contributed by atoms with E-state index in [1.807, 2.05) is 44.4 Å². The van der Waals surface area contributed by atoms with Crippen molar-refractivity contribution in [2.24, 2.45) is 0 Å². The minimum Gasteiger partial charge on any atom is -0.477 e. The second kappa shape index (κ2) is 9.96. The van der Waals surface area contributed by atoms with Gasteiger partial charge < -0.3 is 9.64 Å². The molecular formula is C23H25F4N3O. The zero-order valence-corrected chi connectivity index (χ0v) is 17.5. The molecule has 2 aromatic carbocycles. The Morgan fingerprint density at radius 3 is 2.42 bits per heavy atom. The zero-order valence-electron chi connectivity index (χ0n) is 17.5. The van der Waals surface area contributed by atoms with Crippen molar-refractivity contribution in [1.82, 2.24) is 14.7 Å². The molecule has 0 aliphatic heterocycles. The Hall–Kier alpha value is -2.87. The molecule has 0 fully saturated rings. The third kappa shape index (κ3) is 6.55. The molecule has 0 aliphatic rings. The number of hydrogen-bond donors (Lipinski definition) is 0. The first kappa shape index (κ1) is 22.8. The summed E-state index contributed by atoms with van der Waals surface area (Å²) in [5, 5.41) is 4.44. The van der Waals surface area contributed by atoms with Crippen molar-refractivity contribution in [3.8, 4) is 5.88 Å². The van der Waals surface area contributed by atoms with Gasteiger partial charge in [0.1, 0.15) is 5.82 Å². The molecule has 3 rings (SSSR count). The average molecular weight is 435 g/mol. The maximum atomic E-state index is 13.6. The van der Waals surface area contributed by atoms with Gasteiger partial charge in [-0.3, -0.25) is 4.68 Å². The number of ether oxygens (including phenoxy) is 1. The zero-order chi connectivity index (χ0) is 22.4. The van der Waals surface area contributed by atoms with E-state index in [-0.39, 0.29) is 6.54 Å². The second-order valence-electron chi connectivity index (χ2n) is 7.61.